The number of esters is 2. The standard InChI is InChI=1S/C29H27F3N2O7/c1-39-25-15-17(14-20(27(36)37)4-3-18-5-8-21(33)16-23(18)34)2-11-24(25)41-28(38)19-6-9-22(10-7-19)40-26(35)12-13-29(30,31)32/h2,5-11,14-16H,3-4,12-13,33-34H2,1H3,(H,36,37)/b20-14+. The lowest BCUT2D eigenvalue weighted by atomic mass is 10.0. The van der Waals surface area contributed by atoms with Crippen LogP contribution in [-0.4, -0.2) is 36.3 Å². The molecular formula is C29H27F3N2O7. The number of nitrogens with two attached hydrogens (primary N) is 2. The predicted octanol–water partition coefficient (Wildman–Crippen LogP) is 5.43. The third-order valence-electron chi connectivity index (χ3n) is 5.77. The van der Waals surface area contributed by atoms with E-state index in [9.17, 15) is 32.7 Å². The molecule has 3 rings (SSSR count). The van der Waals surface area contributed by atoms with E-state index in [1.54, 1.807) is 24.3 Å². The number of anilines is 2. The van der Waals surface area contributed by atoms with Gasteiger partial charge in [-0.25, -0.2) is 9.59 Å². The Labute approximate surface area is 233 Å². The molecule has 0 aliphatic rings. The molecule has 0 aliphatic heterocycles. The van der Waals surface area contributed by atoms with Gasteiger partial charge in [0, 0.05) is 16.9 Å². The minimum absolute atomic E-state index is 0.0317. The first-order chi connectivity index (χ1) is 19.3. The fraction of sp³-hybridized carbons (Fsp3) is 0.207. The van der Waals surface area contributed by atoms with E-state index in [4.69, 9.17) is 25.7 Å². The summed E-state index contributed by atoms with van der Waals surface area (Å²) in [5.74, 6) is -2.76. The lowest BCUT2D eigenvalue weighted by molar-refractivity contribution is -0.151. The third kappa shape index (κ3) is 9.31. The van der Waals surface area contributed by atoms with Crippen LogP contribution in [0.1, 0.15) is 40.7 Å². The summed E-state index contributed by atoms with van der Waals surface area (Å²) in [4.78, 5) is 36.1. The molecule has 0 spiro atoms. The van der Waals surface area contributed by atoms with Gasteiger partial charge in [0.15, 0.2) is 11.5 Å². The molecule has 0 saturated heterocycles. The lowest BCUT2D eigenvalue weighted by Gasteiger charge is -2.11. The smallest absolute Gasteiger partial charge is 0.389 e. The maximum absolute atomic E-state index is 12.6. The van der Waals surface area contributed by atoms with Crippen molar-refractivity contribution in [2.75, 3.05) is 18.6 Å². The van der Waals surface area contributed by atoms with E-state index in [0.717, 1.165) is 5.56 Å². The molecule has 41 heavy (non-hydrogen) atoms. The van der Waals surface area contributed by atoms with Crippen molar-refractivity contribution in [1.29, 1.82) is 0 Å². The number of methoxy groups -OCH3 is 1. The molecule has 216 valence electrons. The van der Waals surface area contributed by atoms with E-state index in [1.165, 1.54) is 49.6 Å². The summed E-state index contributed by atoms with van der Waals surface area (Å²) in [5.41, 5.74) is 14.1. The summed E-state index contributed by atoms with van der Waals surface area (Å²) in [6.45, 7) is 0. The molecule has 0 atom stereocenters. The van der Waals surface area contributed by atoms with Crippen molar-refractivity contribution in [3.05, 3.63) is 82.9 Å². The number of aryl methyl sites for hydroxylation is 1. The van der Waals surface area contributed by atoms with Crippen LogP contribution in [0.5, 0.6) is 17.2 Å². The molecule has 5 N–H and O–H groups in total. The van der Waals surface area contributed by atoms with Crippen LogP contribution in [0.15, 0.2) is 66.2 Å². The molecule has 0 heterocycles. The van der Waals surface area contributed by atoms with E-state index < -0.39 is 36.9 Å². The average molecular weight is 573 g/mol. The number of hydrogen-bond donors (Lipinski definition) is 3. The van der Waals surface area contributed by atoms with Crippen LogP contribution in [-0.2, 0) is 16.0 Å². The zero-order chi connectivity index (χ0) is 30.2. The highest BCUT2D eigenvalue weighted by molar-refractivity contribution is 5.93. The first-order valence-corrected chi connectivity index (χ1v) is 12.2. The summed E-state index contributed by atoms with van der Waals surface area (Å²) in [5, 5.41) is 9.69. The molecule has 9 nitrogen and oxygen atoms in total. The maximum atomic E-state index is 12.6. The molecule has 0 amide bonds. The molecule has 0 aromatic heterocycles. The highest BCUT2D eigenvalue weighted by Gasteiger charge is 2.28. The number of alkyl halides is 3. The molecule has 0 fully saturated rings. The van der Waals surface area contributed by atoms with Crippen LogP contribution >= 0.6 is 0 Å². The molecule has 3 aromatic carbocycles. The summed E-state index contributed by atoms with van der Waals surface area (Å²) >= 11 is 0. The summed E-state index contributed by atoms with van der Waals surface area (Å²) in [6.07, 6.45) is -4.57. The van der Waals surface area contributed by atoms with Gasteiger partial charge < -0.3 is 30.8 Å². The number of carboxylic acid groups (broad SMARTS) is 1. The van der Waals surface area contributed by atoms with Crippen LogP contribution in [0.4, 0.5) is 24.5 Å². The van der Waals surface area contributed by atoms with E-state index in [1.807, 2.05) is 0 Å². The van der Waals surface area contributed by atoms with Gasteiger partial charge in [-0.1, -0.05) is 12.1 Å². The third-order valence-corrected chi connectivity index (χ3v) is 5.77. The zero-order valence-corrected chi connectivity index (χ0v) is 21.9. The van der Waals surface area contributed by atoms with Crippen molar-refractivity contribution in [3.63, 3.8) is 0 Å². The summed E-state index contributed by atoms with van der Waals surface area (Å²) in [6, 6.07) is 14.6. The van der Waals surface area contributed by atoms with Gasteiger partial charge in [-0.3, -0.25) is 4.79 Å². The zero-order valence-electron chi connectivity index (χ0n) is 21.9. The van der Waals surface area contributed by atoms with Gasteiger partial charge in [0.05, 0.1) is 25.5 Å². The molecule has 0 unspecified atom stereocenters. The Bertz CT molecular complexity index is 1450. The highest BCUT2D eigenvalue weighted by Crippen LogP contribution is 2.31. The number of hydrogen-bond acceptors (Lipinski definition) is 8. The summed E-state index contributed by atoms with van der Waals surface area (Å²) < 4.78 is 52.3. The predicted molar refractivity (Wildman–Crippen MR) is 145 cm³/mol. The summed E-state index contributed by atoms with van der Waals surface area (Å²) in [7, 11) is 1.35. The van der Waals surface area contributed by atoms with Gasteiger partial charge in [0.25, 0.3) is 0 Å². The van der Waals surface area contributed by atoms with Crippen LogP contribution in [0.3, 0.4) is 0 Å². The van der Waals surface area contributed by atoms with Crippen LogP contribution < -0.4 is 25.7 Å². The number of carbonyl (C=O) groups excluding carboxylic acids is 2. The normalized spacial score (nSPS) is 11.6. The molecule has 3 aromatic rings. The van der Waals surface area contributed by atoms with Crippen molar-refractivity contribution in [1.82, 2.24) is 0 Å². The molecule has 0 saturated carbocycles. The number of carbonyl (C=O) groups is 3. The Hall–Kier alpha value is -5.00. The van der Waals surface area contributed by atoms with Crippen molar-refractivity contribution >= 4 is 35.4 Å². The number of benzene rings is 3. The number of halogens is 3. The van der Waals surface area contributed by atoms with Crippen molar-refractivity contribution in [3.8, 4) is 17.2 Å². The topological polar surface area (TPSA) is 151 Å². The molecule has 0 bridgehead atoms. The molecular weight excluding hydrogens is 545 g/mol. The second kappa shape index (κ2) is 13.4. The number of nitrogen functional groups attached to an aromatic ring is 2. The largest absolute Gasteiger partial charge is 0.493 e. The van der Waals surface area contributed by atoms with E-state index >= 15 is 0 Å². The molecule has 0 aliphatic carbocycles. The van der Waals surface area contributed by atoms with E-state index in [0.29, 0.717) is 23.4 Å². The Morgan fingerprint density at radius 2 is 1.61 bits per heavy atom. The lowest BCUT2D eigenvalue weighted by Crippen LogP contribution is -2.14. The average Bonchev–Trinajstić information content (AvgIpc) is 2.91. The van der Waals surface area contributed by atoms with Crippen LogP contribution in [0, 0.1) is 0 Å². The maximum Gasteiger partial charge on any atom is 0.389 e. The quantitative estimate of drug-likeness (QED) is 0.118. The second-order valence-corrected chi connectivity index (χ2v) is 8.85. The van der Waals surface area contributed by atoms with Crippen LogP contribution in [0.2, 0.25) is 0 Å². The molecule has 0 radical (unpaired) electrons. The fourth-order valence-electron chi connectivity index (χ4n) is 3.65. The number of carboxylic acids is 1. The minimum atomic E-state index is -4.48. The SMILES string of the molecule is COc1cc(/C=C(\CCc2ccc(N)cc2N)C(=O)O)ccc1OC(=O)c1ccc(OC(=O)CCC(F)(F)F)cc1. The van der Waals surface area contributed by atoms with Crippen molar-refractivity contribution < 1.29 is 46.9 Å². The first-order valence-electron chi connectivity index (χ1n) is 12.2. The van der Waals surface area contributed by atoms with Gasteiger partial charge in [-0.15, -0.1) is 0 Å². The first kappa shape index (κ1) is 30.5. The van der Waals surface area contributed by atoms with Crippen LogP contribution in [0.25, 0.3) is 6.08 Å². The van der Waals surface area contributed by atoms with Gasteiger partial charge in [0.2, 0.25) is 0 Å². The number of ether oxygens (including phenoxy) is 3. The van der Waals surface area contributed by atoms with Gasteiger partial charge in [-0.05, 0) is 78.6 Å². The number of rotatable bonds is 11. The van der Waals surface area contributed by atoms with Gasteiger partial charge >= 0.3 is 24.1 Å². The van der Waals surface area contributed by atoms with E-state index in [2.05, 4.69) is 0 Å². The van der Waals surface area contributed by atoms with Gasteiger partial charge in [-0.2, -0.15) is 13.2 Å². The van der Waals surface area contributed by atoms with Gasteiger partial charge in [0.1, 0.15) is 5.75 Å². The number of aliphatic carboxylic acids is 1. The fourth-order valence-corrected chi connectivity index (χ4v) is 3.65. The van der Waals surface area contributed by atoms with Crippen molar-refractivity contribution in [2.45, 2.75) is 31.9 Å². The Kier molecular flexibility index (Phi) is 9.96. The Balaban J connectivity index is 1.67. The second-order valence-electron chi connectivity index (χ2n) is 8.85. The highest BCUT2D eigenvalue weighted by atomic mass is 19.4. The van der Waals surface area contributed by atoms with Crippen molar-refractivity contribution in [2.24, 2.45) is 0 Å². The Morgan fingerprint density at radius 3 is 2.22 bits per heavy atom. The minimum Gasteiger partial charge on any atom is -0.493 e. The monoisotopic (exact) mass is 572 g/mol. The molecule has 12 heteroatoms. The van der Waals surface area contributed by atoms with E-state index in [-0.39, 0.29) is 34.8 Å². The Morgan fingerprint density at radius 1 is 0.902 bits per heavy atom.